The first-order valence-corrected chi connectivity index (χ1v) is 7.56. The van der Waals surface area contributed by atoms with Gasteiger partial charge in [0.1, 0.15) is 6.61 Å². The smallest absolute Gasteiger partial charge is 0.407 e. The summed E-state index contributed by atoms with van der Waals surface area (Å²) in [5.74, 6) is 0. The maximum absolute atomic E-state index is 11.9. The number of amides is 1. The summed E-state index contributed by atoms with van der Waals surface area (Å²) in [6.07, 6.45) is 3.63. The van der Waals surface area contributed by atoms with E-state index in [2.05, 4.69) is 15.3 Å². The number of aromatic nitrogens is 2. The number of carbonyl (C=O) groups is 1. The van der Waals surface area contributed by atoms with Gasteiger partial charge in [-0.2, -0.15) is 0 Å². The maximum Gasteiger partial charge on any atom is 0.407 e. The molecule has 0 saturated heterocycles. The third-order valence-corrected chi connectivity index (χ3v) is 3.84. The van der Waals surface area contributed by atoms with E-state index in [0.29, 0.717) is 6.42 Å². The molecule has 1 N–H and O–H groups in total. The summed E-state index contributed by atoms with van der Waals surface area (Å²) in [5.41, 5.74) is 2.97. The second-order valence-electron chi connectivity index (χ2n) is 5.26. The number of ether oxygens (including phenoxy) is 1. The first-order valence-electron chi connectivity index (χ1n) is 7.18. The molecular formula is C16H16ClN3O2. The third-order valence-electron chi connectivity index (χ3n) is 3.66. The van der Waals surface area contributed by atoms with Crippen LogP contribution in [-0.4, -0.2) is 22.1 Å². The van der Waals surface area contributed by atoms with Crippen molar-refractivity contribution >= 4 is 17.7 Å². The van der Waals surface area contributed by atoms with Gasteiger partial charge in [0.15, 0.2) is 0 Å². The molecule has 1 aromatic heterocycles. The Labute approximate surface area is 133 Å². The Morgan fingerprint density at radius 2 is 2.18 bits per heavy atom. The Morgan fingerprint density at radius 1 is 1.36 bits per heavy atom. The van der Waals surface area contributed by atoms with Crippen molar-refractivity contribution in [2.45, 2.75) is 31.9 Å². The van der Waals surface area contributed by atoms with E-state index in [9.17, 15) is 4.79 Å². The zero-order valence-electron chi connectivity index (χ0n) is 12.0. The van der Waals surface area contributed by atoms with E-state index in [1.54, 1.807) is 6.20 Å². The molecule has 3 rings (SSSR count). The molecule has 114 valence electrons. The molecule has 5 nitrogen and oxygen atoms in total. The Morgan fingerprint density at radius 3 is 3.00 bits per heavy atom. The van der Waals surface area contributed by atoms with Crippen molar-refractivity contribution in [2.24, 2.45) is 0 Å². The van der Waals surface area contributed by atoms with Crippen LogP contribution in [0.2, 0.25) is 5.28 Å². The molecule has 0 radical (unpaired) electrons. The number of nitrogens with zero attached hydrogens (tertiary/aromatic N) is 2. The number of alkyl carbamates (subject to hydrolysis) is 1. The molecule has 1 aliphatic carbocycles. The van der Waals surface area contributed by atoms with E-state index >= 15 is 0 Å². The summed E-state index contributed by atoms with van der Waals surface area (Å²) in [7, 11) is 0. The number of aryl methyl sites for hydroxylation is 1. The number of carbonyl (C=O) groups excluding carboxylic acids is 1. The van der Waals surface area contributed by atoms with Gasteiger partial charge in [-0.3, -0.25) is 0 Å². The van der Waals surface area contributed by atoms with Crippen LogP contribution in [0, 0.1) is 0 Å². The number of hydrogen-bond acceptors (Lipinski definition) is 4. The molecule has 1 aromatic carbocycles. The van der Waals surface area contributed by atoms with Gasteiger partial charge in [-0.25, -0.2) is 14.8 Å². The van der Waals surface area contributed by atoms with E-state index in [-0.39, 0.29) is 17.9 Å². The van der Waals surface area contributed by atoms with Gasteiger partial charge in [0.05, 0.1) is 0 Å². The highest BCUT2D eigenvalue weighted by Gasteiger charge is 2.22. The molecule has 0 fully saturated rings. The van der Waals surface area contributed by atoms with E-state index in [1.807, 2.05) is 30.3 Å². The van der Waals surface area contributed by atoms with Crippen molar-refractivity contribution in [1.29, 1.82) is 0 Å². The van der Waals surface area contributed by atoms with Gasteiger partial charge in [-0.15, -0.1) is 0 Å². The molecule has 22 heavy (non-hydrogen) atoms. The standard InChI is InChI=1S/C16H16ClN3O2/c17-15-18-9-12-8-13(6-7-14(12)20-15)19-16(21)22-10-11-4-2-1-3-5-11/h1-5,9,13H,6-8,10H2,(H,19,21). The summed E-state index contributed by atoms with van der Waals surface area (Å²) in [6, 6.07) is 9.65. The lowest BCUT2D eigenvalue weighted by molar-refractivity contribution is 0.134. The molecule has 1 atom stereocenters. The minimum absolute atomic E-state index is 0.0422. The second-order valence-corrected chi connectivity index (χ2v) is 5.59. The molecule has 1 amide bonds. The normalized spacial score (nSPS) is 16.7. The van der Waals surface area contributed by atoms with Crippen molar-refractivity contribution in [1.82, 2.24) is 15.3 Å². The van der Waals surface area contributed by atoms with Gasteiger partial charge in [-0.05, 0) is 42.0 Å². The summed E-state index contributed by atoms with van der Waals surface area (Å²) >= 11 is 5.78. The number of benzene rings is 1. The fraction of sp³-hybridized carbons (Fsp3) is 0.312. The highest BCUT2D eigenvalue weighted by Crippen LogP contribution is 2.20. The van der Waals surface area contributed by atoms with Crippen LogP contribution < -0.4 is 5.32 Å². The Bertz CT molecular complexity index is 664. The van der Waals surface area contributed by atoms with Crippen LogP contribution in [0.25, 0.3) is 0 Å². The molecule has 0 aliphatic heterocycles. The van der Waals surface area contributed by atoms with Crippen LogP contribution in [0.4, 0.5) is 4.79 Å². The average Bonchev–Trinajstić information content (AvgIpc) is 2.54. The summed E-state index contributed by atoms with van der Waals surface area (Å²) in [5, 5.41) is 3.17. The number of nitrogens with one attached hydrogen (secondary N) is 1. The van der Waals surface area contributed by atoms with Gasteiger partial charge in [0.2, 0.25) is 5.28 Å². The topological polar surface area (TPSA) is 64.1 Å². The largest absolute Gasteiger partial charge is 0.445 e. The fourth-order valence-electron chi connectivity index (χ4n) is 2.54. The lowest BCUT2D eigenvalue weighted by Crippen LogP contribution is -2.39. The SMILES string of the molecule is O=C(NC1CCc2nc(Cl)ncc2C1)OCc1ccccc1. The molecule has 0 saturated carbocycles. The molecule has 0 bridgehead atoms. The number of hydrogen-bond donors (Lipinski definition) is 1. The number of fused-ring (bicyclic) bond motifs is 1. The van der Waals surface area contributed by atoms with Gasteiger partial charge >= 0.3 is 6.09 Å². The third kappa shape index (κ3) is 3.74. The van der Waals surface area contributed by atoms with E-state index < -0.39 is 6.09 Å². The van der Waals surface area contributed by atoms with Crippen LogP contribution in [-0.2, 0) is 24.2 Å². The van der Waals surface area contributed by atoms with Crippen LogP contribution in [0.3, 0.4) is 0 Å². The zero-order valence-corrected chi connectivity index (χ0v) is 12.7. The Kier molecular flexibility index (Phi) is 4.53. The van der Waals surface area contributed by atoms with Crippen molar-refractivity contribution in [2.75, 3.05) is 0 Å². The van der Waals surface area contributed by atoms with E-state index in [0.717, 1.165) is 29.7 Å². The summed E-state index contributed by atoms with van der Waals surface area (Å²) in [4.78, 5) is 20.1. The van der Waals surface area contributed by atoms with Crippen LogP contribution in [0.5, 0.6) is 0 Å². The molecule has 6 heteroatoms. The monoisotopic (exact) mass is 317 g/mol. The zero-order chi connectivity index (χ0) is 15.4. The first-order chi connectivity index (χ1) is 10.7. The average molecular weight is 318 g/mol. The van der Waals surface area contributed by atoms with Crippen molar-refractivity contribution in [3.05, 3.63) is 58.6 Å². The van der Waals surface area contributed by atoms with E-state index in [4.69, 9.17) is 16.3 Å². The predicted molar refractivity (Wildman–Crippen MR) is 82.6 cm³/mol. The van der Waals surface area contributed by atoms with Crippen molar-refractivity contribution < 1.29 is 9.53 Å². The Hall–Kier alpha value is -2.14. The van der Waals surface area contributed by atoms with Crippen molar-refractivity contribution in [3.63, 3.8) is 0 Å². The summed E-state index contributed by atoms with van der Waals surface area (Å²) in [6.45, 7) is 0.273. The molecule has 1 aliphatic rings. The van der Waals surface area contributed by atoms with Crippen LogP contribution in [0.1, 0.15) is 23.2 Å². The summed E-state index contributed by atoms with van der Waals surface area (Å²) < 4.78 is 5.24. The first kappa shape index (κ1) is 14.8. The van der Waals surface area contributed by atoms with Crippen LogP contribution >= 0.6 is 11.6 Å². The molecule has 2 aromatic rings. The second kappa shape index (κ2) is 6.75. The van der Waals surface area contributed by atoms with Crippen LogP contribution in [0.15, 0.2) is 36.5 Å². The lowest BCUT2D eigenvalue weighted by Gasteiger charge is -2.24. The fourth-order valence-corrected chi connectivity index (χ4v) is 2.69. The predicted octanol–water partition coefficient (Wildman–Crippen LogP) is 2.91. The molecule has 1 unspecified atom stereocenters. The number of rotatable bonds is 3. The number of halogens is 1. The molecule has 0 spiro atoms. The van der Waals surface area contributed by atoms with Gasteiger partial charge in [0.25, 0.3) is 0 Å². The van der Waals surface area contributed by atoms with Gasteiger partial charge in [-0.1, -0.05) is 30.3 Å². The minimum atomic E-state index is -0.396. The molecule has 1 heterocycles. The minimum Gasteiger partial charge on any atom is -0.445 e. The van der Waals surface area contributed by atoms with Crippen molar-refractivity contribution in [3.8, 4) is 0 Å². The highest BCUT2D eigenvalue weighted by atomic mass is 35.5. The molecular weight excluding hydrogens is 302 g/mol. The Balaban J connectivity index is 1.51. The van der Waals surface area contributed by atoms with E-state index in [1.165, 1.54) is 0 Å². The quantitative estimate of drug-likeness (QED) is 0.884. The highest BCUT2D eigenvalue weighted by molar-refractivity contribution is 6.28. The lowest BCUT2D eigenvalue weighted by atomic mass is 9.93. The van der Waals surface area contributed by atoms with Gasteiger partial charge < -0.3 is 10.1 Å². The van der Waals surface area contributed by atoms with Gasteiger partial charge in [0, 0.05) is 17.9 Å². The maximum atomic E-state index is 11.9.